The molecule has 120 valence electrons. The fourth-order valence-corrected chi connectivity index (χ4v) is 3.37. The van der Waals surface area contributed by atoms with Crippen LogP contribution in [0.25, 0.3) is 0 Å². The predicted octanol–water partition coefficient (Wildman–Crippen LogP) is 1.38. The SMILES string of the molecule is CCCC(=O)N1CCC(NC2CC(=O)N(CCC)C2)CC1. The van der Waals surface area contributed by atoms with E-state index >= 15 is 0 Å². The van der Waals surface area contributed by atoms with Crippen LogP contribution in [0.4, 0.5) is 0 Å². The number of hydrogen-bond acceptors (Lipinski definition) is 3. The molecule has 0 aromatic rings. The molecule has 2 rings (SSSR count). The molecule has 0 aromatic heterocycles. The summed E-state index contributed by atoms with van der Waals surface area (Å²) in [4.78, 5) is 27.7. The number of carbonyl (C=O) groups is 2. The van der Waals surface area contributed by atoms with Crippen LogP contribution in [-0.2, 0) is 9.59 Å². The molecule has 0 bridgehead atoms. The molecule has 1 unspecified atom stereocenters. The zero-order valence-electron chi connectivity index (χ0n) is 13.4. The highest BCUT2D eigenvalue weighted by Gasteiger charge is 2.31. The molecular formula is C16H29N3O2. The van der Waals surface area contributed by atoms with Crippen molar-refractivity contribution in [2.45, 2.75) is 64.5 Å². The van der Waals surface area contributed by atoms with E-state index in [1.54, 1.807) is 0 Å². The Hall–Kier alpha value is -1.10. The van der Waals surface area contributed by atoms with Crippen LogP contribution in [0.1, 0.15) is 52.4 Å². The summed E-state index contributed by atoms with van der Waals surface area (Å²) in [6.45, 7) is 7.59. The molecular weight excluding hydrogens is 266 g/mol. The average Bonchev–Trinajstić information content (AvgIpc) is 2.80. The molecule has 5 nitrogen and oxygen atoms in total. The van der Waals surface area contributed by atoms with Crippen LogP contribution in [0.5, 0.6) is 0 Å². The predicted molar refractivity (Wildman–Crippen MR) is 82.9 cm³/mol. The van der Waals surface area contributed by atoms with Crippen molar-refractivity contribution in [1.82, 2.24) is 15.1 Å². The Kier molecular flexibility index (Phi) is 6.03. The lowest BCUT2D eigenvalue weighted by Crippen LogP contribution is -2.48. The number of rotatable bonds is 6. The topological polar surface area (TPSA) is 52.7 Å². The van der Waals surface area contributed by atoms with Crippen molar-refractivity contribution in [3.8, 4) is 0 Å². The maximum Gasteiger partial charge on any atom is 0.224 e. The largest absolute Gasteiger partial charge is 0.343 e. The van der Waals surface area contributed by atoms with Crippen molar-refractivity contribution in [2.75, 3.05) is 26.2 Å². The summed E-state index contributed by atoms with van der Waals surface area (Å²) >= 11 is 0. The first-order valence-electron chi connectivity index (χ1n) is 8.45. The van der Waals surface area contributed by atoms with E-state index in [-0.39, 0.29) is 5.91 Å². The van der Waals surface area contributed by atoms with E-state index in [1.165, 1.54) is 0 Å². The van der Waals surface area contributed by atoms with E-state index in [9.17, 15) is 9.59 Å². The van der Waals surface area contributed by atoms with Crippen LogP contribution in [0.2, 0.25) is 0 Å². The van der Waals surface area contributed by atoms with Crippen molar-refractivity contribution in [1.29, 1.82) is 0 Å². The van der Waals surface area contributed by atoms with E-state index in [2.05, 4.69) is 12.2 Å². The van der Waals surface area contributed by atoms with Crippen LogP contribution in [0.3, 0.4) is 0 Å². The highest BCUT2D eigenvalue weighted by Crippen LogP contribution is 2.17. The molecule has 1 N–H and O–H groups in total. The summed E-state index contributed by atoms with van der Waals surface area (Å²) < 4.78 is 0. The average molecular weight is 295 g/mol. The number of likely N-dealkylation sites (tertiary alicyclic amines) is 2. The quantitative estimate of drug-likeness (QED) is 0.805. The minimum absolute atomic E-state index is 0.282. The molecule has 2 amide bonds. The van der Waals surface area contributed by atoms with Gasteiger partial charge in [-0.15, -0.1) is 0 Å². The molecule has 21 heavy (non-hydrogen) atoms. The maximum atomic E-state index is 11.9. The summed E-state index contributed by atoms with van der Waals surface area (Å²) in [5.74, 6) is 0.575. The van der Waals surface area contributed by atoms with Gasteiger partial charge in [0.05, 0.1) is 0 Å². The number of carbonyl (C=O) groups excluding carboxylic acids is 2. The summed E-state index contributed by atoms with van der Waals surface area (Å²) in [7, 11) is 0. The molecule has 1 atom stereocenters. The van der Waals surface area contributed by atoms with Crippen molar-refractivity contribution < 1.29 is 9.59 Å². The Morgan fingerprint density at radius 3 is 2.52 bits per heavy atom. The lowest BCUT2D eigenvalue weighted by Gasteiger charge is -2.34. The van der Waals surface area contributed by atoms with Gasteiger partial charge < -0.3 is 15.1 Å². The first-order valence-corrected chi connectivity index (χ1v) is 8.45. The van der Waals surface area contributed by atoms with Crippen LogP contribution in [0.15, 0.2) is 0 Å². The Bertz CT molecular complexity index is 365. The number of nitrogens with zero attached hydrogens (tertiary/aromatic N) is 2. The van der Waals surface area contributed by atoms with Crippen molar-refractivity contribution in [3.63, 3.8) is 0 Å². The lowest BCUT2D eigenvalue weighted by atomic mass is 10.0. The van der Waals surface area contributed by atoms with E-state index in [4.69, 9.17) is 0 Å². The van der Waals surface area contributed by atoms with Gasteiger partial charge in [0.25, 0.3) is 0 Å². The standard InChI is InChI=1S/C16H29N3O2/c1-3-5-15(20)18-9-6-13(7-10-18)17-14-11-16(21)19(12-14)8-4-2/h13-14,17H,3-12H2,1-2H3. The molecule has 2 aliphatic heterocycles. The van der Waals surface area contributed by atoms with Crippen LogP contribution in [-0.4, -0.2) is 59.9 Å². The van der Waals surface area contributed by atoms with Gasteiger partial charge in [-0.1, -0.05) is 13.8 Å². The first-order chi connectivity index (χ1) is 10.1. The fraction of sp³-hybridized carbons (Fsp3) is 0.875. The van der Waals surface area contributed by atoms with Gasteiger partial charge in [0.15, 0.2) is 0 Å². The van der Waals surface area contributed by atoms with Gasteiger partial charge in [0.2, 0.25) is 11.8 Å². The number of nitrogens with one attached hydrogen (secondary N) is 1. The van der Waals surface area contributed by atoms with E-state index in [0.717, 1.165) is 51.9 Å². The van der Waals surface area contributed by atoms with Gasteiger partial charge in [-0.3, -0.25) is 9.59 Å². The minimum atomic E-state index is 0.282. The second-order valence-electron chi connectivity index (χ2n) is 6.31. The fourth-order valence-electron chi connectivity index (χ4n) is 3.37. The summed E-state index contributed by atoms with van der Waals surface area (Å²) in [6, 6.07) is 0.752. The number of hydrogen-bond donors (Lipinski definition) is 1. The molecule has 2 saturated heterocycles. The molecule has 0 aliphatic carbocycles. The first kappa shape index (κ1) is 16.3. The Morgan fingerprint density at radius 2 is 1.90 bits per heavy atom. The molecule has 0 spiro atoms. The molecule has 0 saturated carbocycles. The molecule has 0 aromatic carbocycles. The number of amides is 2. The van der Waals surface area contributed by atoms with Gasteiger partial charge in [-0.05, 0) is 25.7 Å². The zero-order valence-corrected chi connectivity index (χ0v) is 13.4. The van der Waals surface area contributed by atoms with Gasteiger partial charge >= 0.3 is 0 Å². The molecule has 2 aliphatic rings. The van der Waals surface area contributed by atoms with E-state index < -0.39 is 0 Å². The van der Waals surface area contributed by atoms with E-state index in [0.29, 0.717) is 30.8 Å². The second kappa shape index (κ2) is 7.78. The summed E-state index contributed by atoms with van der Waals surface area (Å²) in [5, 5.41) is 3.63. The van der Waals surface area contributed by atoms with Crippen LogP contribution >= 0.6 is 0 Å². The van der Waals surface area contributed by atoms with Crippen molar-refractivity contribution >= 4 is 11.8 Å². The lowest BCUT2D eigenvalue weighted by molar-refractivity contribution is -0.132. The van der Waals surface area contributed by atoms with Gasteiger partial charge in [-0.2, -0.15) is 0 Å². The highest BCUT2D eigenvalue weighted by molar-refractivity contribution is 5.79. The van der Waals surface area contributed by atoms with Crippen LogP contribution in [0, 0.1) is 0 Å². The van der Waals surface area contributed by atoms with Crippen molar-refractivity contribution in [3.05, 3.63) is 0 Å². The minimum Gasteiger partial charge on any atom is -0.343 e. The summed E-state index contributed by atoms with van der Waals surface area (Å²) in [5.41, 5.74) is 0. The smallest absolute Gasteiger partial charge is 0.224 e. The zero-order chi connectivity index (χ0) is 15.2. The van der Waals surface area contributed by atoms with Crippen LogP contribution < -0.4 is 5.32 Å². The normalized spacial score (nSPS) is 23.9. The molecule has 0 radical (unpaired) electrons. The third-order valence-corrected chi connectivity index (χ3v) is 4.49. The van der Waals surface area contributed by atoms with Gasteiger partial charge in [0, 0.05) is 51.1 Å². The Morgan fingerprint density at radius 1 is 1.19 bits per heavy atom. The third kappa shape index (κ3) is 4.43. The molecule has 2 fully saturated rings. The third-order valence-electron chi connectivity index (χ3n) is 4.49. The monoisotopic (exact) mass is 295 g/mol. The summed E-state index contributed by atoms with van der Waals surface area (Å²) in [6.07, 6.45) is 5.27. The van der Waals surface area contributed by atoms with E-state index in [1.807, 2.05) is 16.7 Å². The van der Waals surface area contributed by atoms with Crippen molar-refractivity contribution in [2.24, 2.45) is 0 Å². The number of piperidine rings is 1. The maximum absolute atomic E-state index is 11.9. The Balaban J connectivity index is 1.72. The highest BCUT2D eigenvalue weighted by atomic mass is 16.2. The second-order valence-corrected chi connectivity index (χ2v) is 6.31. The Labute approximate surface area is 128 Å². The van der Waals surface area contributed by atoms with Gasteiger partial charge in [-0.25, -0.2) is 0 Å². The van der Waals surface area contributed by atoms with Gasteiger partial charge in [0.1, 0.15) is 0 Å². The molecule has 2 heterocycles. The molecule has 5 heteroatoms.